The summed E-state index contributed by atoms with van der Waals surface area (Å²) in [6.07, 6.45) is 3.37. The fourth-order valence-corrected chi connectivity index (χ4v) is 6.03. The van der Waals surface area contributed by atoms with Crippen LogP contribution in [0.5, 0.6) is 5.75 Å². The molecule has 0 aromatic heterocycles. The maximum absolute atomic E-state index is 13.2. The molecular formula is C23H25ClN2O5S. The molecule has 1 heterocycles. The molecule has 0 spiro atoms. The van der Waals surface area contributed by atoms with Gasteiger partial charge in [0.15, 0.2) is 0 Å². The van der Waals surface area contributed by atoms with Gasteiger partial charge >= 0.3 is 0 Å². The topological polar surface area (TPSA) is 92.8 Å². The summed E-state index contributed by atoms with van der Waals surface area (Å²) in [5.41, 5.74) is 1.50. The number of nitrogens with one attached hydrogen (secondary N) is 1. The molecule has 32 heavy (non-hydrogen) atoms. The zero-order valence-corrected chi connectivity index (χ0v) is 19.5. The number of rotatable bonds is 6. The van der Waals surface area contributed by atoms with Gasteiger partial charge < -0.3 is 4.74 Å². The van der Waals surface area contributed by atoms with E-state index in [1.165, 1.54) is 24.1 Å². The third-order valence-corrected chi connectivity index (χ3v) is 8.10. The molecule has 1 saturated heterocycles. The average molecular weight is 477 g/mol. The molecule has 0 unspecified atom stereocenters. The molecule has 9 heteroatoms. The van der Waals surface area contributed by atoms with Crippen molar-refractivity contribution in [2.24, 2.45) is 11.8 Å². The third-order valence-electron chi connectivity index (χ3n) is 6.30. The van der Waals surface area contributed by atoms with Gasteiger partial charge in [0, 0.05) is 5.02 Å². The summed E-state index contributed by atoms with van der Waals surface area (Å²) >= 11 is 6.12. The Kier molecular flexibility index (Phi) is 6.18. The van der Waals surface area contributed by atoms with E-state index in [1.54, 1.807) is 31.2 Å². The highest BCUT2D eigenvalue weighted by atomic mass is 35.5. The molecule has 2 aromatic carbocycles. The number of hydrogen-bond acceptors (Lipinski definition) is 5. The number of anilines is 1. The number of ether oxygens (including phenoxy) is 1. The maximum atomic E-state index is 13.2. The predicted octanol–water partition coefficient (Wildman–Crippen LogP) is 4.13. The van der Waals surface area contributed by atoms with Crippen molar-refractivity contribution >= 4 is 39.1 Å². The minimum absolute atomic E-state index is 0.0351. The summed E-state index contributed by atoms with van der Waals surface area (Å²) in [4.78, 5) is 26.8. The van der Waals surface area contributed by atoms with Crippen LogP contribution in [-0.2, 0) is 26.2 Å². The summed E-state index contributed by atoms with van der Waals surface area (Å²) < 4.78 is 34.2. The number of methoxy groups -OCH3 is 1. The number of fused-ring (bicyclic) bond motifs is 1. The minimum Gasteiger partial charge on any atom is -0.495 e. The van der Waals surface area contributed by atoms with Gasteiger partial charge in [0.1, 0.15) is 10.6 Å². The van der Waals surface area contributed by atoms with Crippen molar-refractivity contribution in [3.63, 3.8) is 0 Å². The van der Waals surface area contributed by atoms with Crippen LogP contribution in [0.1, 0.15) is 36.8 Å². The monoisotopic (exact) mass is 476 g/mol. The molecular weight excluding hydrogens is 452 g/mol. The molecule has 2 amide bonds. The lowest BCUT2D eigenvalue weighted by Gasteiger charge is -2.19. The Morgan fingerprint density at radius 3 is 2.38 bits per heavy atom. The lowest BCUT2D eigenvalue weighted by molar-refractivity contribution is -0.140. The predicted molar refractivity (Wildman–Crippen MR) is 121 cm³/mol. The van der Waals surface area contributed by atoms with Crippen molar-refractivity contribution in [1.82, 2.24) is 4.90 Å². The molecule has 0 bridgehead atoms. The Bertz CT molecular complexity index is 1160. The van der Waals surface area contributed by atoms with Crippen LogP contribution in [0.2, 0.25) is 5.02 Å². The Hall–Kier alpha value is -2.58. The van der Waals surface area contributed by atoms with E-state index in [4.69, 9.17) is 16.3 Å². The largest absolute Gasteiger partial charge is 0.495 e. The van der Waals surface area contributed by atoms with E-state index in [-0.39, 0.29) is 40.8 Å². The highest BCUT2D eigenvalue weighted by Crippen LogP contribution is 2.39. The Labute approximate surface area is 192 Å². The van der Waals surface area contributed by atoms with Crippen LogP contribution in [-0.4, -0.2) is 32.2 Å². The molecule has 2 aliphatic rings. The summed E-state index contributed by atoms with van der Waals surface area (Å²) in [7, 11) is -2.64. The summed E-state index contributed by atoms with van der Waals surface area (Å²) in [5, 5.41) is 0.443. The summed E-state index contributed by atoms with van der Waals surface area (Å²) in [5.74, 6) is -0.649. The van der Waals surface area contributed by atoms with Crippen LogP contribution in [0, 0.1) is 18.8 Å². The number of hydrogen-bond donors (Lipinski definition) is 1. The zero-order chi connectivity index (χ0) is 23.0. The molecule has 7 nitrogen and oxygen atoms in total. The van der Waals surface area contributed by atoms with Crippen molar-refractivity contribution in [3.8, 4) is 5.75 Å². The number of amides is 2. The number of likely N-dealkylation sites (tertiary alicyclic amines) is 1. The summed E-state index contributed by atoms with van der Waals surface area (Å²) in [6.45, 7) is 1.76. The van der Waals surface area contributed by atoms with E-state index >= 15 is 0 Å². The van der Waals surface area contributed by atoms with Crippen LogP contribution in [0.15, 0.2) is 41.3 Å². The van der Waals surface area contributed by atoms with E-state index in [9.17, 15) is 18.0 Å². The molecule has 170 valence electrons. The third kappa shape index (κ3) is 4.09. The van der Waals surface area contributed by atoms with E-state index in [0.717, 1.165) is 25.7 Å². The van der Waals surface area contributed by atoms with Gasteiger partial charge in [-0.2, -0.15) is 0 Å². The zero-order valence-electron chi connectivity index (χ0n) is 17.9. The number of imide groups is 1. The summed E-state index contributed by atoms with van der Waals surface area (Å²) in [6, 6.07) is 9.61. The first-order chi connectivity index (χ1) is 15.2. The standard InChI is InChI=1S/C23H25ClN2O5S/c1-14-18(24)8-5-9-19(14)25-32(29,30)21-12-15(10-11-20(21)31-2)13-26-22(27)16-6-3-4-7-17(16)23(26)28/h5,8-12,16-17,25H,3-4,6-7,13H2,1-2H3/t16-,17-/m0/s1. The second-order valence-electron chi connectivity index (χ2n) is 8.26. The smallest absolute Gasteiger partial charge is 0.265 e. The number of benzene rings is 2. The van der Waals surface area contributed by atoms with Crippen LogP contribution >= 0.6 is 11.6 Å². The molecule has 1 saturated carbocycles. The number of nitrogens with zero attached hydrogens (tertiary/aromatic N) is 1. The first-order valence-corrected chi connectivity index (χ1v) is 12.4. The molecule has 2 atom stereocenters. The Morgan fingerprint density at radius 1 is 1.09 bits per heavy atom. The van der Waals surface area contributed by atoms with Gasteiger partial charge in [0.2, 0.25) is 11.8 Å². The van der Waals surface area contributed by atoms with Crippen LogP contribution in [0.3, 0.4) is 0 Å². The van der Waals surface area contributed by atoms with Crippen molar-refractivity contribution in [1.29, 1.82) is 0 Å². The lowest BCUT2D eigenvalue weighted by atomic mass is 9.81. The van der Waals surface area contributed by atoms with Crippen molar-refractivity contribution < 1.29 is 22.7 Å². The number of halogens is 1. The van der Waals surface area contributed by atoms with Gasteiger partial charge in [-0.25, -0.2) is 8.42 Å². The van der Waals surface area contributed by atoms with Crippen molar-refractivity contribution in [2.75, 3.05) is 11.8 Å². The van der Waals surface area contributed by atoms with Crippen LogP contribution in [0.25, 0.3) is 0 Å². The van der Waals surface area contributed by atoms with Gasteiger partial charge in [-0.15, -0.1) is 0 Å². The van der Waals surface area contributed by atoms with Gasteiger partial charge in [-0.3, -0.25) is 19.2 Å². The highest BCUT2D eigenvalue weighted by Gasteiger charge is 2.47. The van der Waals surface area contributed by atoms with Gasteiger partial charge in [0.05, 0.1) is 31.2 Å². The fraction of sp³-hybridized carbons (Fsp3) is 0.391. The van der Waals surface area contributed by atoms with Gasteiger partial charge in [-0.05, 0) is 55.2 Å². The van der Waals surface area contributed by atoms with E-state index in [1.807, 2.05) is 0 Å². The SMILES string of the molecule is COc1ccc(CN2C(=O)[C@H]3CCCC[C@@H]3C2=O)cc1S(=O)(=O)Nc1cccc(Cl)c1C. The van der Waals surface area contributed by atoms with Crippen LogP contribution < -0.4 is 9.46 Å². The van der Waals surface area contributed by atoms with Crippen molar-refractivity contribution in [3.05, 3.63) is 52.5 Å². The highest BCUT2D eigenvalue weighted by molar-refractivity contribution is 7.92. The Balaban J connectivity index is 1.63. The lowest BCUT2D eigenvalue weighted by Crippen LogP contribution is -2.30. The average Bonchev–Trinajstić information content (AvgIpc) is 3.02. The van der Waals surface area contributed by atoms with Crippen molar-refractivity contribution in [2.45, 2.75) is 44.0 Å². The first kappa shape index (κ1) is 22.6. The molecule has 1 aliphatic carbocycles. The van der Waals surface area contributed by atoms with E-state index in [2.05, 4.69) is 4.72 Å². The number of sulfonamides is 1. The molecule has 2 fully saturated rings. The molecule has 4 rings (SSSR count). The molecule has 2 aromatic rings. The first-order valence-electron chi connectivity index (χ1n) is 10.5. The van der Waals surface area contributed by atoms with Crippen LogP contribution in [0.4, 0.5) is 5.69 Å². The normalized spacial score (nSPS) is 20.9. The van der Waals surface area contributed by atoms with E-state index < -0.39 is 10.0 Å². The second kappa shape index (κ2) is 8.75. The fourth-order valence-electron chi connectivity index (χ4n) is 4.52. The quantitative estimate of drug-likeness (QED) is 0.632. The molecule has 1 N–H and O–H groups in total. The molecule has 0 radical (unpaired) electrons. The van der Waals surface area contributed by atoms with Gasteiger partial charge in [0.25, 0.3) is 10.0 Å². The Morgan fingerprint density at radius 2 is 1.75 bits per heavy atom. The maximum Gasteiger partial charge on any atom is 0.265 e. The second-order valence-corrected chi connectivity index (χ2v) is 10.3. The minimum atomic E-state index is -4.02. The number of carbonyl (C=O) groups is 2. The number of carbonyl (C=O) groups excluding carboxylic acids is 2. The molecule has 1 aliphatic heterocycles. The van der Waals surface area contributed by atoms with Gasteiger partial charge in [-0.1, -0.05) is 36.6 Å². The van der Waals surface area contributed by atoms with E-state index in [0.29, 0.717) is 21.8 Å².